The van der Waals surface area contributed by atoms with Crippen LogP contribution in [-0.4, -0.2) is 12.4 Å². The Labute approximate surface area is 85.3 Å². The summed E-state index contributed by atoms with van der Waals surface area (Å²) in [5.41, 5.74) is 0. The first-order valence-electron chi connectivity index (χ1n) is 5.64. The number of carbonyl (C=O) groups is 1. The van der Waals surface area contributed by atoms with Crippen LogP contribution < -0.4 is 0 Å². The Balaban J connectivity index is 1.97. The summed E-state index contributed by atoms with van der Waals surface area (Å²) in [7, 11) is 0. The molecule has 2 rings (SSSR count). The molecule has 2 atom stereocenters. The van der Waals surface area contributed by atoms with Crippen molar-refractivity contribution >= 4 is 5.78 Å². The zero-order valence-electron chi connectivity index (χ0n) is 8.79. The topological polar surface area (TPSA) is 26.3 Å². The molecular formula is C12H18O2. The standard InChI is InChI=1S/C12H18O2/c1-9-5-6-10(8-9)12(13)11-4-2-3-7-14-11/h4,9-10H,2-3,5-8H2,1H3. The van der Waals surface area contributed by atoms with E-state index in [0.29, 0.717) is 11.7 Å². The predicted molar refractivity (Wildman–Crippen MR) is 54.8 cm³/mol. The summed E-state index contributed by atoms with van der Waals surface area (Å²) in [4.78, 5) is 12.0. The van der Waals surface area contributed by atoms with Crippen molar-refractivity contribution in [1.82, 2.24) is 0 Å². The van der Waals surface area contributed by atoms with Crippen molar-refractivity contribution in [3.63, 3.8) is 0 Å². The minimum Gasteiger partial charge on any atom is -0.490 e. The second-order valence-corrected chi connectivity index (χ2v) is 4.54. The monoisotopic (exact) mass is 194 g/mol. The van der Waals surface area contributed by atoms with Gasteiger partial charge in [0, 0.05) is 5.92 Å². The Morgan fingerprint density at radius 2 is 2.36 bits per heavy atom. The van der Waals surface area contributed by atoms with E-state index in [2.05, 4.69) is 6.92 Å². The summed E-state index contributed by atoms with van der Waals surface area (Å²) in [6.07, 6.45) is 7.33. The summed E-state index contributed by atoms with van der Waals surface area (Å²) in [6, 6.07) is 0. The first-order chi connectivity index (χ1) is 6.77. The lowest BCUT2D eigenvalue weighted by molar-refractivity contribution is -0.122. The Kier molecular flexibility index (Phi) is 2.90. The van der Waals surface area contributed by atoms with E-state index in [1.165, 1.54) is 6.42 Å². The van der Waals surface area contributed by atoms with E-state index in [0.717, 1.165) is 32.3 Å². The SMILES string of the molecule is CC1CCC(C(=O)C2=CCCCO2)C1. The van der Waals surface area contributed by atoms with Gasteiger partial charge in [0.2, 0.25) is 0 Å². The van der Waals surface area contributed by atoms with Gasteiger partial charge < -0.3 is 4.74 Å². The molecule has 0 aromatic rings. The van der Waals surface area contributed by atoms with Gasteiger partial charge in [0.15, 0.2) is 11.5 Å². The maximum atomic E-state index is 12.0. The Hall–Kier alpha value is -0.790. The van der Waals surface area contributed by atoms with Crippen molar-refractivity contribution in [3.05, 3.63) is 11.8 Å². The zero-order chi connectivity index (χ0) is 9.97. The zero-order valence-corrected chi connectivity index (χ0v) is 8.79. The normalized spacial score (nSPS) is 32.2. The van der Waals surface area contributed by atoms with Crippen molar-refractivity contribution in [3.8, 4) is 0 Å². The molecule has 0 amide bonds. The van der Waals surface area contributed by atoms with E-state index in [4.69, 9.17) is 4.74 Å². The van der Waals surface area contributed by atoms with Crippen molar-refractivity contribution in [2.24, 2.45) is 11.8 Å². The van der Waals surface area contributed by atoms with Crippen LogP contribution in [0.4, 0.5) is 0 Å². The quantitative estimate of drug-likeness (QED) is 0.675. The predicted octanol–water partition coefficient (Wildman–Crippen LogP) is 2.69. The molecule has 0 spiro atoms. The number of allylic oxidation sites excluding steroid dienone is 2. The number of ketones is 1. The molecule has 0 N–H and O–H groups in total. The highest BCUT2D eigenvalue weighted by Gasteiger charge is 2.30. The third-order valence-electron chi connectivity index (χ3n) is 3.24. The van der Waals surface area contributed by atoms with Gasteiger partial charge in [-0.25, -0.2) is 0 Å². The van der Waals surface area contributed by atoms with E-state index in [-0.39, 0.29) is 11.7 Å². The average molecular weight is 194 g/mol. The van der Waals surface area contributed by atoms with Crippen molar-refractivity contribution in [2.75, 3.05) is 6.61 Å². The Bertz CT molecular complexity index is 255. The molecule has 2 heteroatoms. The fraction of sp³-hybridized carbons (Fsp3) is 0.750. The highest BCUT2D eigenvalue weighted by Crippen LogP contribution is 2.33. The Morgan fingerprint density at radius 3 is 2.93 bits per heavy atom. The van der Waals surface area contributed by atoms with Crippen LogP contribution >= 0.6 is 0 Å². The maximum Gasteiger partial charge on any atom is 0.200 e. The molecule has 1 aliphatic carbocycles. The molecule has 1 heterocycles. The number of ether oxygens (including phenoxy) is 1. The number of Topliss-reactive ketones (excluding diaryl/α,β-unsaturated/α-hetero) is 1. The molecule has 1 fully saturated rings. The van der Waals surface area contributed by atoms with E-state index >= 15 is 0 Å². The fourth-order valence-corrected chi connectivity index (χ4v) is 2.38. The van der Waals surface area contributed by atoms with Gasteiger partial charge in [-0.3, -0.25) is 4.79 Å². The third kappa shape index (κ3) is 1.99. The molecule has 1 aliphatic heterocycles. The molecule has 1 saturated carbocycles. The molecule has 2 nitrogen and oxygen atoms in total. The highest BCUT2D eigenvalue weighted by molar-refractivity contribution is 5.95. The largest absolute Gasteiger partial charge is 0.490 e. The maximum absolute atomic E-state index is 12.0. The van der Waals surface area contributed by atoms with Gasteiger partial charge in [0.25, 0.3) is 0 Å². The number of rotatable bonds is 2. The molecular weight excluding hydrogens is 176 g/mol. The Morgan fingerprint density at radius 1 is 1.50 bits per heavy atom. The average Bonchev–Trinajstić information content (AvgIpc) is 2.65. The minimum atomic E-state index is 0.245. The van der Waals surface area contributed by atoms with Crippen molar-refractivity contribution in [1.29, 1.82) is 0 Å². The first kappa shape index (κ1) is 9.75. The molecule has 2 aliphatic rings. The summed E-state index contributed by atoms with van der Waals surface area (Å²) in [6.45, 7) is 2.95. The number of hydrogen-bond donors (Lipinski definition) is 0. The lowest BCUT2D eigenvalue weighted by Gasteiger charge is -2.16. The van der Waals surface area contributed by atoms with Crippen LogP contribution in [-0.2, 0) is 9.53 Å². The van der Waals surface area contributed by atoms with E-state index in [1.54, 1.807) is 0 Å². The van der Waals surface area contributed by atoms with Gasteiger partial charge in [0.1, 0.15) is 0 Å². The van der Waals surface area contributed by atoms with E-state index in [9.17, 15) is 4.79 Å². The third-order valence-corrected chi connectivity index (χ3v) is 3.24. The molecule has 0 aromatic carbocycles. The van der Waals surface area contributed by atoms with Crippen molar-refractivity contribution in [2.45, 2.75) is 39.0 Å². The van der Waals surface area contributed by atoms with E-state index < -0.39 is 0 Å². The molecule has 0 aromatic heterocycles. The van der Waals surface area contributed by atoms with Gasteiger partial charge in [-0.2, -0.15) is 0 Å². The lowest BCUT2D eigenvalue weighted by Crippen LogP contribution is -2.18. The first-order valence-corrected chi connectivity index (χ1v) is 5.64. The lowest BCUT2D eigenvalue weighted by atomic mass is 9.98. The molecule has 78 valence electrons. The second kappa shape index (κ2) is 4.16. The van der Waals surface area contributed by atoms with Crippen LogP contribution in [0.1, 0.15) is 39.0 Å². The van der Waals surface area contributed by atoms with Crippen LogP contribution in [0.2, 0.25) is 0 Å². The van der Waals surface area contributed by atoms with Crippen molar-refractivity contribution < 1.29 is 9.53 Å². The van der Waals surface area contributed by atoms with Gasteiger partial charge in [-0.05, 0) is 44.1 Å². The van der Waals surface area contributed by atoms with E-state index in [1.807, 2.05) is 6.08 Å². The summed E-state index contributed by atoms with van der Waals surface area (Å²) < 4.78 is 5.40. The summed E-state index contributed by atoms with van der Waals surface area (Å²) in [5.74, 6) is 1.87. The van der Waals surface area contributed by atoms with Gasteiger partial charge in [-0.1, -0.05) is 6.92 Å². The summed E-state index contributed by atoms with van der Waals surface area (Å²) >= 11 is 0. The molecule has 2 unspecified atom stereocenters. The van der Waals surface area contributed by atoms with Crippen LogP contribution in [0.15, 0.2) is 11.8 Å². The minimum absolute atomic E-state index is 0.245. The second-order valence-electron chi connectivity index (χ2n) is 4.54. The van der Waals surface area contributed by atoms with Gasteiger partial charge in [0.05, 0.1) is 6.61 Å². The molecule has 14 heavy (non-hydrogen) atoms. The smallest absolute Gasteiger partial charge is 0.200 e. The van der Waals surface area contributed by atoms with Crippen LogP contribution in [0.25, 0.3) is 0 Å². The van der Waals surface area contributed by atoms with Crippen LogP contribution in [0, 0.1) is 11.8 Å². The summed E-state index contributed by atoms with van der Waals surface area (Å²) in [5, 5.41) is 0. The molecule has 0 bridgehead atoms. The molecule has 0 saturated heterocycles. The number of carbonyl (C=O) groups excluding carboxylic acids is 1. The fourth-order valence-electron chi connectivity index (χ4n) is 2.38. The van der Waals surface area contributed by atoms with Gasteiger partial charge >= 0.3 is 0 Å². The van der Waals surface area contributed by atoms with Crippen LogP contribution in [0.5, 0.6) is 0 Å². The molecule has 0 radical (unpaired) electrons. The highest BCUT2D eigenvalue weighted by atomic mass is 16.5. The van der Waals surface area contributed by atoms with Gasteiger partial charge in [-0.15, -0.1) is 0 Å². The number of hydrogen-bond acceptors (Lipinski definition) is 2. The van der Waals surface area contributed by atoms with Crippen LogP contribution in [0.3, 0.4) is 0 Å².